The van der Waals surface area contributed by atoms with Gasteiger partial charge in [-0.2, -0.15) is 13.2 Å². The molecule has 1 aliphatic rings. The Balaban J connectivity index is 3.12. The van der Waals surface area contributed by atoms with Crippen molar-refractivity contribution in [2.75, 3.05) is 6.54 Å². The van der Waals surface area contributed by atoms with E-state index < -0.39 is 35.6 Å². The van der Waals surface area contributed by atoms with Crippen LogP contribution < -0.4 is 5.32 Å². The van der Waals surface area contributed by atoms with E-state index in [1.807, 2.05) is 0 Å². The van der Waals surface area contributed by atoms with Gasteiger partial charge >= 0.3 is 6.18 Å². The molecule has 0 spiro atoms. The molecule has 2 amide bonds. The van der Waals surface area contributed by atoms with Gasteiger partial charge < -0.3 is 10.2 Å². The summed E-state index contributed by atoms with van der Waals surface area (Å²) in [7, 11) is 0. The van der Waals surface area contributed by atoms with Gasteiger partial charge in [-0.3, -0.25) is 9.59 Å². The van der Waals surface area contributed by atoms with Gasteiger partial charge in [-0.1, -0.05) is 0 Å². The summed E-state index contributed by atoms with van der Waals surface area (Å²) in [5.41, 5.74) is -2.81. The number of halogens is 3. The minimum Gasteiger partial charge on any atom is -0.340 e. The molecular weight excluding hydrogens is 237 g/mol. The molecule has 0 aromatic carbocycles. The Labute approximate surface area is 97.1 Å². The molecule has 0 atom stereocenters. The quantitative estimate of drug-likeness (QED) is 0.758. The molecule has 0 unspecified atom stereocenters. The fourth-order valence-corrected chi connectivity index (χ4v) is 1.65. The van der Waals surface area contributed by atoms with Crippen LogP contribution in [0.25, 0.3) is 0 Å². The van der Waals surface area contributed by atoms with E-state index in [2.05, 4.69) is 5.32 Å². The Bertz CT molecular complexity index is 361. The number of nitrogens with zero attached hydrogens (tertiary/aromatic N) is 1. The minimum absolute atomic E-state index is 0.575. The number of rotatable bonds is 1. The summed E-state index contributed by atoms with van der Waals surface area (Å²) in [5.74, 6) is -1.33. The van der Waals surface area contributed by atoms with Gasteiger partial charge in [-0.05, 0) is 27.7 Å². The average Bonchev–Trinajstić information content (AvgIpc) is 2.08. The Kier molecular flexibility index (Phi) is 2.93. The first kappa shape index (κ1) is 13.8. The Morgan fingerprint density at radius 3 is 2.06 bits per heavy atom. The summed E-state index contributed by atoms with van der Waals surface area (Å²) in [6.07, 6.45) is -4.53. The molecule has 4 nitrogen and oxygen atoms in total. The van der Waals surface area contributed by atoms with Crippen LogP contribution in [-0.2, 0) is 9.59 Å². The number of nitrogens with one attached hydrogen (secondary N) is 1. The lowest BCUT2D eigenvalue weighted by Gasteiger charge is -2.47. The van der Waals surface area contributed by atoms with E-state index in [1.165, 1.54) is 27.7 Å². The van der Waals surface area contributed by atoms with Gasteiger partial charge in [0.05, 0.1) is 0 Å². The van der Waals surface area contributed by atoms with Crippen LogP contribution in [0, 0.1) is 0 Å². The highest BCUT2D eigenvalue weighted by Crippen LogP contribution is 2.29. The summed E-state index contributed by atoms with van der Waals surface area (Å²) in [6, 6.07) is 0. The summed E-state index contributed by atoms with van der Waals surface area (Å²) < 4.78 is 37.2. The Hall–Kier alpha value is -1.27. The molecule has 0 aromatic rings. The maximum absolute atomic E-state index is 12.4. The molecule has 1 saturated heterocycles. The zero-order chi connectivity index (χ0) is 13.6. The van der Waals surface area contributed by atoms with E-state index in [-0.39, 0.29) is 0 Å². The third kappa shape index (κ3) is 2.53. The largest absolute Gasteiger partial charge is 0.406 e. The fraction of sp³-hybridized carbons (Fsp3) is 0.800. The smallest absolute Gasteiger partial charge is 0.340 e. The number of hydrogen-bond acceptors (Lipinski definition) is 2. The molecule has 1 rings (SSSR count). The van der Waals surface area contributed by atoms with Crippen LogP contribution in [0.4, 0.5) is 13.2 Å². The number of alkyl halides is 3. The van der Waals surface area contributed by atoms with Crippen molar-refractivity contribution in [1.29, 1.82) is 0 Å². The fourth-order valence-electron chi connectivity index (χ4n) is 1.65. The standard InChI is InChI=1S/C10H15F3N2O2/c1-8(2)7(17)15(5-10(11,12)13)9(3,4)6(16)14-8/h5H2,1-4H3,(H,14,16). The topological polar surface area (TPSA) is 49.4 Å². The van der Waals surface area contributed by atoms with Crippen LogP contribution >= 0.6 is 0 Å². The molecule has 1 N–H and O–H groups in total. The summed E-state index contributed by atoms with van der Waals surface area (Å²) in [4.78, 5) is 24.2. The molecule has 1 heterocycles. The van der Waals surface area contributed by atoms with Crippen molar-refractivity contribution in [3.63, 3.8) is 0 Å². The van der Waals surface area contributed by atoms with Crippen LogP contribution in [0.1, 0.15) is 27.7 Å². The highest BCUT2D eigenvalue weighted by Gasteiger charge is 2.52. The molecular formula is C10H15F3N2O2. The molecule has 0 saturated carbocycles. The first-order chi connectivity index (χ1) is 7.38. The summed E-state index contributed by atoms with van der Waals surface area (Å²) in [6.45, 7) is 3.93. The van der Waals surface area contributed by atoms with Crippen molar-refractivity contribution in [3.8, 4) is 0 Å². The van der Waals surface area contributed by atoms with Gasteiger partial charge in [0.1, 0.15) is 17.6 Å². The first-order valence-corrected chi connectivity index (χ1v) is 5.09. The summed E-state index contributed by atoms with van der Waals surface area (Å²) in [5, 5.41) is 2.41. The van der Waals surface area contributed by atoms with Crippen molar-refractivity contribution in [2.45, 2.75) is 44.9 Å². The highest BCUT2D eigenvalue weighted by molar-refractivity contribution is 6.01. The van der Waals surface area contributed by atoms with Crippen molar-refractivity contribution in [1.82, 2.24) is 10.2 Å². The molecule has 0 radical (unpaired) electrons. The first-order valence-electron chi connectivity index (χ1n) is 5.09. The van der Waals surface area contributed by atoms with Crippen LogP contribution in [0.3, 0.4) is 0 Å². The van der Waals surface area contributed by atoms with Gasteiger partial charge in [0.2, 0.25) is 11.8 Å². The zero-order valence-corrected chi connectivity index (χ0v) is 10.1. The Morgan fingerprint density at radius 1 is 1.18 bits per heavy atom. The van der Waals surface area contributed by atoms with E-state index in [0.29, 0.717) is 4.90 Å². The van der Waals surface area contributed by atoms with E-state index in [4.69, 9.17) is 0 Å². The molecule has 0 aromatic heterocycles. The van der Waals surface area contributed by atoms with Crippen molar-refractivity contribution in [2.24, 2.45) is 0 Å². The molecule has 1 aliphatic heterocycles. The predicted octanol–water partition coefficient (Wildman–Crippen LogP) is 1.06. The Morgan fingerprint density at radius 2 is 1.65 bits per heavy atom. The monoisotopic (exact) mass is 252 g/mol. The second-order valence-corrected chi connectivity index (χ2v) is 5.14. The number of amides is 2. The van der Waals surface area contributed by atoms with E-state index in [1.54, 1.807) is 0 Å². The van der Waals surface area contributed by atoms with E-state index in [9.17, 15) is 22.8 Å². The molecule has 7 heteroatoms. The molecule has 17 heavy (non-hydrogen) atoms. The number of carbonyl (C=O) groups excluding carboxylic acids is 2. The van der Waals surface area contributed by atoms with Gasteiger partial charge in [-0.15, -0.1) is 0 Å². The maximum Gasteiger partial charge on any atom is 0.406 e. The van der Waals surface area contributed by atoms with E-state index >= 15 is 0 Å². The zero-order valence-electron chi connectivity index (χ0n) is 10.1. The second kappa shape index (κ2) is 3.61. The average molecular weight is 252 g/mol. The molecule has 98 valence electrons. The lowest BCUT2D eigenvalue weighted by molar-refractivity contribution is -0.184. The normalized spacial score (nSPS) is 23.6. The van der Waals surface area contributed by atoms with Gasteiger partial charge in [0, 0.05) is 0 Å². The van der Waals surface area contributed by atoms with Gasteiger partial charge in [0.25, 0.3) is 0 Å². The van der Waals surface area contributed by atoms with Gasteiger partial charge in [0.15, 0.2) is 0 Å². The lowest BCUT2D eigenvalue weighted by Crippen LogP contribution is -2.73. The third-order valence-corrected chi connectivity index (χ3v) is 2.77. The second-order valence-electron chi connectivity index (χ2n) is 5.14. The van der Waals surface area contributed by atoms with Gasteiger partial charge in [-0.25, -0.2) is 0 Å². The molecule has 0 aliphatic carbocycles. The predicted molar refractivity (Wildman–Crippen MR) is 54.1 cm³/mol. The van der Waals surface area contributed by atoms with Crippen LogP contribution in [0.15, 0.2) is 0 Å². The molecule has 0 bridgehead atoms. The van der Waals surface area contributed by atoms with Crippen molar-refractivity contribution in [3.05, 3.63) is 0 Å². The number of piperazine rings is 1. The third-order valence-electron chi connectivity index (χ3n) is 2.77. The highest BCUT2D eigenvalue weighted by atomic mass is 19.4. The summed E-state index contributed by atoms with van der Waals surface area (Å²) >= 11 is 0. The molecule has 1 fully saturated rings. The SMILES string of the molecule is CC1(C)NC(=O)C(C)(C)N(CC(F)(F)F)C1=O. The van der Waals surface area contributed by atoms with Crippen molar-refractivity contribution >= 4 is 11.8 Å². The lowest BCUT2D eigenvalue weighted by atomic mass is 9.90. The van der Waals surface area contributed by atoms with Crippen LogP contribution in [0.2, 0.25) is 0 Å². The van der Waals surface area contributed by atoms with Crippen molar-refractivity contribution < 1.29 is 22.8 Å². The van der Waals surface area contributed by atoms with E-state index in [0.717, 1.165) is 0 Å². The van der Waals surface area contributed by atoms with Crippen LogP contribution in [-0.4, -0.2) is 40.5 Å². The number of carbonyl (C=O) groups is 2. The minimum atomic E-state index is -4.53. The van der Waals surface area contributed by atoms with Crippen LogP contribution in [0.5, 0.6) is 0 Å². The number of hydrogen-bond donors (Lipinski definition) is 1. The maximum atomic E-state index is 12.4.